The second-order valence-corrected chi connectivity index (χ2v) is 14.4. The highest BCUT2D eigenvalue weighted by atomic mass is 35.5. The van der Waals surface area contributed by atoms with Crippen molar-refractivity contribution in [2.75, 3.05) is 0 Å². The van der Waals surface area contributed by atoms with Gasteiger partial charge in [0.05, 0.1) is 11.4 Å². The average molecular weight is 856 g/mol. The molecule has 0 saturated carbocycles. The van der Waals surface area contributed by atoms with Crippen LogP contribution in [0.5, 0.6) is 0 Å². The SMILES string of the molecule is Cl.Cl.O=C(CCCCC(=O)N/N=c1\scc(-c2ccc(Cl)cc2)n1-c1ccc(Cl)cc1)N/N=c1\scc(-c2ccc(Cl)cc2)n1-c1ccc(Cl)cc1. The van der Waals surface area contributed by atoms with Crippen LogP contribution in [-0.4, -0.2) is 20.9 Å². The quantitative estimate of drug-likeness (QED) is 0.100. The summed E-state index contributed by atoms with van der Waals surface area (Å²) in [5, 5.41) is 15.3. The van der Waals surface area contributed by atoms with Gasteiger partial charge >= 0.3 is 0 Å². The van der Waals surface area contributed by atoms with Crippen LogP contribution in [0.1, 0.15) is 25.7 Å². The number of halogens is 6. The number of hydrogen-bond donors (Lipinski definition) is 2. The number of rotatable bonds is 11. The predicted octanol–water partition coefficient (Wildman–Crippen LogP) is 10.3. The monoisotopic (exact) mass is 852 g/mol. The van der Waals surface area contributed by atoms with Crippen LogP contribution < -0.4 is 20.5 Å². The molecule has 0 spiro atoms. The van der Waals surface area contributed by atoms with Gasteiger partial charge in [-0.05, 0) is 96.8 Å². The molecule has 0 atom stereocenters. The Morgan fingerprint density at radius 1 is 0.519 bits per heavy atom. The third-order valence-electron chi connectivity index (χ3n) is 7.48. The minimum Gasteiger partial charge on any atom is -0.284 e. The van der Waals surface area contributed by atoms with E-state index in [9.17, 15) is 9.59 Å². The van der Waals surface area contributed by atoms with Crippen molar-refractivity contribution in [3.8, 4) is 33.9 Å². The molecule has 0 fully saturated rings. The minimum atomic E-state index is -0.253. The van der Waals surface area contributed by atoms with Gasteiger partial charge in [-0.2, -0.15) is 0 Å². The van der Waals surface area contributed by atoms with E-state index in [0.29, 0.717) is 42.5 Å². The number of thiazole rings is 2. The summed E-state index contributed by atoms with van der Waals surface area (Å²) in [5.74, 6) is -0.506. The van der Waals surface area contributed by atoms with Gasteiger partial charge in [-0.1, -0.05) is 70.7 Å². The summed E-state index contributed by atoms with van der Waals surface area (Å²) in [6, 6.07) is 29.8. The molecule has 0 aliphatic rings. The summed E-state index contributed by atoms with van der Waals surface area (Å²) in [6.07, 6.45) is 1.40. The van der Waals surface area contributed by atoms with E-state index < -0.39 is 0 Å². The van der Waals surface area contributed by atoms with E-state index in [0.717, 1.165) is 33.9 Å². The zero-order chi connectivity index (χ0) is 35.0. The van der Waals surface area contributed by atoms with Crippen LogP contribution in [0.2, 0.25) is 20.1 Å². The zero-order valence-corrected chi connectivity index (χ0v) is 33.3. The topological polar surface area (TPSA) is 92.8 Å². The molecule has 0 radical (unpaired) electrons. The van der Waals surface area contributed by atoms with Crippen LogP contribution in [0.3, 0.4) is 0 Å². The van der Waals surface area contributed by atoms with Crippen molar-refractivity contribution in [3.05, 3.63) is 138 Å². The van der Waals surface area contributed by atoms with E-state index in [1.54, 1.807) is 24.3 Å². The van der Waals surface area contributed by atoms with Crippen LogP contribution in [0, 0.1) is 0 Å². The number of hydrogen-bond acceptors (Lipinski definition) is 6. The molecule has 0 aliphatic heterocycles. The number of unbranched alkanes of at least 4 members (excludes halogenated alkanes) is 1. The molecule has 270 valence electrons. The van der Waals surface area contributed by atoms with Crippen LogP contribution in [0.25, 0.3) is 33.9 Å². The fourth-order valence-corrected chi connectivity index (χ4v) is 7.24. The molecule has 0 aliphatic carbocycles. The van der Waals surface area contributed by atoms with Gasteiger partial charge in [0.1, 0.15) is 0 Å². The summed E-state index contributed by atoms with van der Waals surface area (Å²) < 4.78 is 3.89. The Labute approximate surface area is 340 Å². The van der Waals surface area contributed by atoms with Crippen molar-refractivity contribution in [2.45, 2.75) is 25.7 Å². The molecule has 0 unspecified atom stereocenters. The van der Waals surface area contributed by atoms with Gasteiger partial charge in [0.15, 0.2) is 0 Å². The van der Waals surface area contributed by atoms with Crippen LogP contribution in [0.15, 0.2) is 118 Å². The highest BCUT2D eigenvalue weighted by Gasteiger charge is 2.13. The first-order valence-electron chi connectivity index (χ1n) is 15.3. The van der Waals surface area contributed by atoms with Crippen molar-refractivity contribution in [1.82, 2.24) is 20.0 Å². The fraction of sp³-hybridized carbons (Fsp3) is 0.111. The Kier molecular flexibility index (Phi) is 15.4. The molecule has 16 heteroatoms. The number of carbonyl (C=O) groups is 2. The maximum atomic E-state index is 12.7. The van der Waals surface area contributed by atoms with Crippen LogP contribution in [-0.2, 0) is 9.59 Å². The number of benzene rings is 4. The molecule has 2 N–H and O–H groups in total. The maximum Gasteiger partial charge on any atom is 0.240 e. The zero-order valence-electron chi connectivity index (χ0n) is 27.0. The van der Waals surface area contributed by atoms with Crippen molar-refractivity contribution < 1.29 is 9.59 Å². The van der Waals surface area contributed by atoms with Gasteiger partial charge < -0.3 is 0 Å². The summed E-state index contributed by atoms with van der Waals surface area (Å²) >= 11 is 27.3. The lowest BCUT2D eigenvalue weighted by Crippen LogP contribution is -2.24. The Balaban J connectivity index is 0.00000302. The number of nitrogens with one attached hydrogen (secondary N) is 2. The number of carbonyl (C=O) groups excluding carboxylic acids is 2. The fourth-order valence-electron chi connectivity index (χ4n) is 5.00. The van der Waals surface area contributed by atoms with Gasteiger partial charge in [0, 0.05) is 55.1 Å². The molecule has 2 aromatic heterocycles. The standard InChI is InChI=1S/C36H28Cl4N6O2S2.2ClH/c37-25-9-5-23(6-10-25)31-21-49-35(45(31)29-17-13-27(39)14-18-29)43-41-33(47)3-1-2-4-34(48)42-44-36-46(30-19-15-28(40)16-20-30)32(22-50-36)24-7-11-26(38)12-8-24;;/h5-22H,1-4H2,(H,41,47)(H,42,48);2*1H/b43-35-,44-36-;;. The maximum absolute atomic E-state index is 12.7. The lowest BCUT2D eigenvalue weighted by Gasteiger charge is -2.10. The number of nitrogens with zero attached hydrogens (tertiary/aromatic N) is 4. The van der Waals surface area contributed by atoms with Crippen LogP contribution >= 0.6 is 93.9 Å². The Morgan fingerprint density at radius 3 is 1.15 bits per heavy atom. The second-order valence-electron chi connectivity index (χ2n) is 10.9. The average Bonchev–Trinajstić information content (AvgIpc) is 3.74. The van der Waals surface area contributed by atoms with Gasteiger partial charge in [-0.25, -0.2) is 10.9 Å². The molecule has 2 heterocycles. The highest BCUT2D eigenvalue weighted by molar-refractivity contribution is 7.07. The van der Waals surface area contributed by atoms with E-state index in [1.165, 1.54) is 22.7 Å². The summed E-state index contributed by atoms with van der Waals surface area (Å²) in [6.45, 7) is 0. The van der Waals surface area contributed by atoms with E-state index in [1.807, 2.05) is 92.7 Å². The van der Waals surface area contributed by atoms with Crippen molar-refractivity contribution in [3.63, 3.8) is 0 Å². The lowest BCUT2D eigenvalue weighted by atomic mass is 10.1. The molecule has 4 aromatic carbocycles. The largest absolute Gasteiger partial charge is 0.284 e. The first-order valence-corrected chi connectivity index (χ1v) is 18.6. The predicted molar refractivity (Wildman–Crippen MR) is 219 cm³/mol. The molecule has 2 amide bonds. The summed E-state index contributed by atoms with van der Waals surface area (Å²) in [7, 11) is 0. The molecular weight excluding hydrogens is 825 g/mol. The first-order chi connectivity index (χ1) is 24.2. The molecule has 0 bridgehead atoms. The molecule has 6 rings (SSSR count). The molecule has 8 nitrogen and oxygen atoms in total. The second kappa shape index (κ2) is 19.5. The van der Waals surface area contributed by atoms with E-state index in [2.05, 4.69) is 21.1 Å². The molecule has 52 heavy (non-hydrogen) atoms. The summed E-state index contributed by atoms with van der Waals surface area (Å²) in [5.41, 5.74) is 10.7. The van der Waals surface area contributed by atoms with Gasteiger partial charge in [0.25, 0.3) is 0 Å². The molecule has 0 saturated heterocycles. The van der Waals surface area contributed by atoms with E-state index in [-0.39, 0.29) is 49.5 Å². The van der Waals surface area contributed by atoms with E-state index >= 15 is 0 Å². The Hall–Kier alpha value is -3.58. The smallest absolute Gasteiger partial charge is 0.240 e. The highest BCUT2D eigenvalue weighted by Crippen LogP contribution is 2.27. The van der Waals surface area contributed by atoms with E-state index in [4.69, 9.17) is 46.4 Å². The van der Waals surface area contributed by atoms with Crippen molar-refractivity contribution in [2.24, 2.45) is 10.2 Å². The first kappa shape index (κ1) is 41.2. The van der Waals surface area contributed by atoms with Gasteiger partial charge in [-0.3, -0.25) is 18.7 Å². The third-order valence-corrected chi connectivity index (χ3v) is 10.1. The Bertz CT molecular complexity index is 2090. The van der Waals surface area contributed by atoms with Gasteiger partial charge in [-0.15, -0.1) is 57.7 Å². The Morgan fingerprint density at radius 2 is 0.827 bits per heavy atom. The summed E-state index contributed by atoms with van der Waals surface area (Å²) in [4.78, 5) is 26.6. The molecule has 6 aromatic rings. The normalized spacial score (nSPS) is 11.5. The third kappa shape index (κ3) is 10.5. The number of aromatic nitrogens is 2. The minimum absolute atomic E-state index is 0. The molecular formula is C36H30Cl6N6O2S2. The van der Waals surface area contributed by atoms with Gasteiger partial charge in [0.2, 0.25) is 21.4 Å². The van der Waals surface area contributed by atoms with Crippen molar-refractivity contribution in [1.29, 1.82) is 0 Å². The lowest BCUT2D eigenvalue weighted by molar-refractivity contribution is -0.123. The van der Waals surface area contributed by atoms with Crippen molar-refractivity contribution >= 4 is 106 Å². The van der Waals surface area contributed by atoms with Crippen LogP contribution in [0.4, 0.5) is 0 Å². The number of amides is 2.